The lowest BCUT2D eigenvalue weighted by Gasteiger charge is -2.10. The molecule has 1 heterocycles. The number of rotatable bonds is 8. The number of nitrogens with zero attached hydrogens (tertiary/aromatic N) is 3. The first-order valence-electron chi connectivity index (χ1n) is 9.95. The number of halogens is 1. The van der Waals surface area contributed by atoms with Gasteiger partial charge in [0.25, 0.3) is 5.91 Å². The van der Waals surface area contributed by atoms with Gasteiger partial charge in [-0.15, -0.1) is 0 Å². The molecule has 1 aliphatic rings. The number of aryl methyl sites for hydroxylation is 1. The van der Waals surface area contributed by atoms with Crippen LogP contribution in [-0.4, -0.2) is 45.1 Å². The Balaban J connectivity index is 1.72. The molecular weight excluding hydrogens is 415 g/mol. The predicted octanol–water partition coefficient (Wildman–Crippen LogP) is 3.86. The first kappa shape index (κ1) is 22.7. The van der Waals surface area contributed by atoms with Crippen LogP contribution in [0.15, 0.2) is 46.6 Å². The van der Waals surface area contributed by atoms with Gasteiger partial charge in [-0.1, -0.05) is 30.4 Å². The molecule has 0 saturated heterocycles. The topological polar surface area (TPSA) is 115 Å². The van der Waals surface area contributed by atoms with Crippen molar-refractivity contribution in [1.29, 1.82) is 0 Å². The molecule has 0 unspecified atom stereocenters. The van der Waals surface area contributed by atoms with Crippen molar-refractivity contribution in [1.82, 2.24) is 5.01 Å². The van der Waals surface area contributed by atoms with E-state index in [0.29, 0.717) is 17.0 Å². The summed E-state index contributed by atoms with van der Waals surface area (Å²) in [4.78, 5) is 23.1. The van der Waals surface area contributed by atoms with Gasteiger partial charge in [-0.25, -0.2) is 9.40 Å². The summed E-state index contributed by atoms with van der Waals surface area (Å²) in [6, 6.07) is 9.49. The first-order valence-corrected chi connectivity index (χ1v) is 9.95. The van der Waals surface area contributed by atoms with Crippen LogP contribution in [-0.2, 0) is 9.59 Å². The number of phenolic OH excluding ortho intramolecular Hbond substituents is 1. The molecule has 2 aromatic carbocycles. The van der Waals surface area contributed by atoms with E-state index in [4.69, 9.17) is 5.11 Å². The van der Waals surface area contributed by atoms with Gasteiger partial charge in [0.2, 0.25) is 0 Å². The molecule has 0 aliphatic carbocycles. The number of benzene rings is 2. The Kier molecular flexibility index (Phi) is 6.99. The Bertz CT molecular complexity index is 1140. The smallest absolute Gasteiger partial charge is 0.303 e. The lowest BCUT2D eigenvalue weighted by molar-refractivity contribution is -0.137. The minimum absolute atomic E-state index is 0.0608. The van der Waals surface area contributed by atoms with Gasteiger partial charge in [-0.2, -0.15) is 10.2 Å². The highest BCUT2D eigenvalue weighted by atomic mass is 19.1. The Morgan fingerprint density at radius 2 is 1.97 bits per heavy atom. The summed E-state index contributed by atoms with van der Waals surface area (Å²) in [5.41, 5.74) is 5.56. The summed E-state index contributed by atoms with van der Waals surface area (Å²) in [7, 11) is 0. The molecule has 0 saturated carbocycles. The lowest BCUT2D eigenvalue weighted by atomic mass is 10.1. The summed E-state index contributed by atoms with van der Waals surface area (Å²) in [6.45, 7) is 3.60. The second-order valence-electron chi connectivity index (χ2n) is 7.26. The van der Waals surface area contributed by atoms with Gasteiger partial charge >= 0.3 is 5.97 Å². The molecule has 2 aromatic rings. The van der Waals surface area contributed by atoms with Crippen LogP contribution in [0.4, 0.5) is 10.1 Å². The highest BCUT2D eigenvalue weighted by Gasteiger charge is 2.29. The molecule has 0 spiro atoms. The number of hydrogen-bond donors (Lipinski definition) is 3. The average molecular weight is 438 g/mol. The van der Waals surface area contributed by atoms with Crippen molar-refractivity contribution >= 4 is 41.1 Å². The second kappa shape index (κ2) is 9.86. The number of hydrogen-bond acceptors (Lipinski definition) is 6. The molecule has 32 heavy (non-hydrogen) atoms. The molecule has 166 valence electrons. The molecule has 3 rings (SSSR count). The zero-order chi connectivity index (χ0) is 23.3. The summed E-state index contributed by atoms with van der Waals surface area (Å²) < 4.78 is 13.3. The molecule has 0 radical (unpaired) electrons. The first-order chi connectivity index (χ1) is 15.3. The molecule has 0 bridgehead atoms. The highest BCUT2D eigenvalue weighted by Crippen LogP contribution is 2.29. The van der Waals surface area contributed by atoms with Crippen LogP contribution in [0.25, 0.3) is 12.2 Å². The highest BCUT2D eigenvalue weighted by molar-refractivity contribution is 6.68. The Morgan fingerprint density at radius 1 is 1.22 bits per heavy atom. The lowest BCUT2D eigenvalue weighted by Crippen LogP contribution is -2.29. The Hall–Kier alpha value is -4.01. The van der Waals surface area contributed by atoms with Gasteiger partial charge in [-0.05, 0) is 49.6 Å². The van der Waals surface area contributed by atoms with Crippen molar-refractivity contribution in [2.24, 2.45) is 10.2 Å². The number of hydrazone groups is 2. The fourth-order valence-electron chi connectivity index (χ4n) is 3.12. The van der Waals surface area contributed by atoms with Crippen LogP contribution in [0, 0.1) is 12.7 Å². The number of anilines is 1. The Labute approximate surface area is 184 Å². The zero-order valence-electron chi connectivity index (χ0n) is 17.7. The van der Waals surface area contributed by atoms with Crippen molar-refractivity contribution in [3.05, 3.63) is 58.9 Å². The largest absolute Gasteiger partial charge is 0.505 e. The van der Waals surface area contributed by atoms with Gasteiger partial charge in [0, 0.05) is 18.5 Å². The predicted molar refractivity (Wildman–Crippen MR) is 121 cm³/mol. The third-order valence-corrected chi connectivity index (χ3v) is 4.84. The maximum absolute atomic E-state index is 13.3. The van der Waals surface area contributed by atoms with Gasteiger partial charge < -0.3 is 10.2 Å². The van der Waals surface area contributed by atoms with Gasteiger partial charge in [0.1, 0.15) is 11.6 Å². The van der Waals surface area contributed by atoms with E-state index in [9.17, 15) is 19.1 Å². The second-order valence-corrected chi connectivity index (χ2v) is 7.26. The van der Waals surface area contributed by atoms with Gasteiger partial charge in [-0.3, -0.25) is 15.0 Å². The number of carbonyl (C=O) groups excluding carboxylic acids is 1. The minimum atomic E-state index is -0.938. The van der Waals surface area contributed by atoms with Gasteiger partial charge in [0.15, 0.2) is 5.71 Å². The van der Waals surface area contributed by atoms with E-state index in [2.05, 4.69) is 15.6 Å². The van der Waals surface area contributed by atoms with E-state index < -0.39 is 11.9 Å². The van der Waals surface area contributed by atoms with Crippen LogP contribution in [0.3, 0.4) is 0 Å². The number of aliphatic carboxylic acids is 1. The third-order valence-electron chi connectivity index (χ3n) is 4.84. The zero-order valence-corrected chi connectivity index (χ0v) is 17.7. The maximum Gasteiger partial charge on any atom is 0.303 e. The fourth-order valence-corrected chi connectivity index (χ4v) is 3.12. The number of aromatic hydroxyl groups is 1. The summed E-state index contributed by atoms with van der Waals surface area (Å²) in [6.07, 6.45) is 3.69. The SMILES string of the molecule is CC1=NN(CCCC(=O)O)C(=O)/C1=N\Nc1cccc(/C=C/c2ccc(F)cc2C)c1O. The van der Waals surface area contributed by atoms with Crippen LogP contribution in [0.1, 0.15) is 36.5 Å². The summed E-state index contributed by atoms with van der Waals surface area (Å²) >= 11 is 0. The fraction of sp³-hybridized carbons (Fsp3) is 0.217. The molecular formula is C23H23FN4O4. The molecule has 1 aliphatic heterocycles. The molecule has 1 amide bonds. The molecule has 9 heteroatoms. The number of amides is 1. The summed E-state index contributed by atoms with van der Waals surface area (Å²) in [5.74, 6) is -1.76. The van der Waals surface area contributed by atoms with Crippen molar-refractivity contribution in [2.75, 3.05) is 12.0 Å². The number of para-hydroxylation sites is 1. The van der Waals surface area contributed by atoms with Crippen LogP contribution < -0.4 is 5.43 Å². The molecule has 0 atom stereocenters. The third kappa shape index (κ3) is 5.37. The van der Waals surface area contributed by atoms with E-state index in [1.54, 1.807) is 50.3 Å². The molecule has 0 fully saturated rings. The number of carboxylic acids is 1. The van der Waals surface area contributed by atoms with E-state index in [0.717, 1.165) is 11.1 Å². The number of carbonyl (C=O) groups is 2. The number of carboxylic acid groups (broad SMARTS) is 1. The van der Waals surface area contributed by atoms with Crippen molar-refractivity contribution < 1.29 is 24.2 Å². The maximum atomic E-state index is 13.3. The van der Waals surface area contributed by atoms with E-state index in [-0.39, 0.29) is 36.7 Å². The number of phenols is 1. The van der Waals surface area contributed by atoms with E-state index >= 15 is 0 Å². The monoisotopic (exact) mass is 438 g/mol. The van der Waals surface area contributed by atoms with Gasteiger partial charge in [0.05, 0.1) is 11.4 Å². The normalized spacial score (nSPS) is 15.0. The number of nitrogens with one attached hydrogen (secondary N) is 1. The van der Waals surface area contributed by atoms with E-state index in [1.807, 2.05) is 0 Å². The quantitative estimate of drug-likeness (QED) is 0.329. The average Bonchev–Trinajstić information content (AvgIpc) is 3.00. The van der Waals surface area contributed by atoms with Crippen LogP contribution in [0.2, 0.25) is 0 Å². The minimum Gasteiger partial charge on any atom is -0.505 e. The molecule has 8 nitrogen and oxygen atoms in total. The van der Waals surface area contributed by atoms with Crippen molar-refractivity contribution in [3.63, 3.8) is 0 Å². The molecule has 0 aromatic heterocycles. The van der Waals surface area contributed by atoms with Crippen molar-refractivity contribution in [2.45, 2.75) is 26.7 Å². The molecule has 3 N–H and O–H groups in total. The van der Waals surface area contributed by atoms with Crippen LogP contribution in [0.5, 0.6) is 5.75 Å². The van der Waals surface area contributed by atoms with E-state index in [1.165, 1.54) is 17.1 Å². The van der Waals surface area contributed by atoms with Crippen molar-refractivity contribution in [3.8, 4) is 5.75 Å². The Morgan fingerprint density at radius 3 is 2.69 bits per heavy atom. The van der Waals surface area contributed by atoms with Crippen LogP contribution >= 0.6 is 0 Å². The standard InChI is InChI=1S/C23H23FN4O4/c1-14-13-18(24)11-10-16(14)8-9-17-5-3-6-19(22(17)31)25-26-21-15(2)27-28(23(21)32)12-4-7-20(29)30/h3,5-6,8-11,13,25,31H,4,7,12H2,1-2H3,(H,29,30)/b9-8+,26-21-. The summed E-state index contributed by atoms with van der Waals surface area (Å²) in [5, 5.41) is 28.7.